The van der Waals surface area contributed by atoms with Crippen molar-refractivity contribution >= 4 is 17.6 Å². The number of para-hydroxylation sites is 1. The molecule has 3 rings (SSSR count). The van der Waals surface area contributed by atoms with Gasteiger partial charge in [-0.25, -0.2) is 4.79 Å². The van der Waals surface area contributed by atoms with E-state index in [2.05, 4.69) is 10.2 Å². The second-order valence-electron chi connectivity index (χ2n) is 4.71. The minimum Gasteiger partial charge on any atom is -0.480 e. The first-order chi connectivity index (χ1) is 9.66. The molecule has 2 N–H and O–H groups in total. The normalized spacial score (nSPS) is 17.0. The van der Waals surface area contributed by atoms with Crippen molar-refractivity contribution in [2.24, 2.45) is 0 Å². The van der Waals surface area contributed by atoms with Crippen molar-refractivity contribution in [1.82, 2.24) is 10.2 Å². The van der Waals surface area contributed by atoms with Crippen LogP contribution in [0.2, 0.25) is 0 Å². The fourth-order valence-corrected chi connectivity index (χ4v) is 2.52. The maximum atomic E-state index is 12.4. The Balaban J connectivity index is 1.92. The zero-order chi connectivity index (χ0) is 14.1. The van der Waals surface area contributed by atoms with Gasteiger partial charge in [0.2, 0.25) is 5.91 Å². The SMILES string of the molecule is O=C(O)C1Cc2ccccc2N1C(=O)Cc1ccn[nH]1. The number of nitrogens with zero attached hydrogens (tertiary/aromatic N) is 2. The number of benzene rings is 1. The number of anilines is 1. The van der Waals surface area contributed by atoms with Gasteiger partial charge in [0.25, 0.3) is 0 Å². The maximum Gasteiger partial charge on any atom is 0.327 e. The number of carbonyl (C=O) groups is 2. The molecule has 6 nitrogen and oxygen atoms in total. The lowest BCUT2D eigenvalue weighted by Gasteiger charge is -2.22. The lowest BCUT2D eigenvalue weighted by atomic mass is 10.1. The van der Waals surface area contributed by atoms with Gasteiger partial charge < -0.3 is 5.11 Å². The van der Waals surface area contributed by atoms with Crippen LogP contribution in [0, 0.1) is 0 Å². The van der Waals surface area contributed by atoms with Gasteiger partial charge in [-0.3, -0.25) is 14.8 Å². The predicted octanol–water partition coefficient (Wildman–Crippen LogP) is 0.995. The van der Waals surface area contributed by atoms with Crippen LogP contribution in [-0.4, -0.2) is 33.2 Å². The fraction of sp³-hybridized carbons (Fsp3) is 0.214. The van der Waals surface area contributed by atoms with Crippen LogP contribution in [-0.2, 0) is 22.4 Å². The molecule has 102 valence electrons. The number of aromatic amines is 1. The smallest absolute Gasteiger partial charge is 0.327 e. The van der Waals surface area contributed by atoms with E-state index in [4.69, 9.17) is 0 Å². The number of H-pyrrole nitrogens is 1. The van der Waals surface area contributed by atoms with Crippen molar-refractivity contribution in [2.75, 3.05) is 4.90 Å². The minimum absolute atomic E-state index is 0.109. The second-order valence-corrected chi connectivity index (χ2v) is 4.71. The second kappa shape index (κ2) is 4.80. The van der Waals surface area contributed by atoms with Crippen molar-refractivity contribution in [3.05, 3.63) is 47.8 Å². The number of hydrogen-bond donors (Lipinski definition) is 2. The molecule has 1 unspecified atom stereocenters. The molecule has 6 heteroatoms. The topological polar surface area (TPSA) is 86.3 Å². The first-order valence-electron chi connectivity index (χ1n) is 6.28. The van der Waals surface area contributed by atoms with Gasteiger partial charge in [0.05, 0.1) is 6.42 Å². The quantitative estimate of drug-likeness (QED) is 0.871. The van der Waals surface area contributed by atoms with Crippen LogP contribution in [0.5, 0.6) is 0 Å². The van der Waals surface area contributed by atoms with Crippen molar-refractivity contribution in [3.8, 4) is 0 Å². The zero-order valence-electron chi connectivity index (χ0n) is 10.6. The van der Waals surface area contributed by atoms with Crippen LogP contribution >= 0.6 is 0 Å². The number of rotatable bonds is 3. The first kappa shape index (κ1) is 12.4. The van der Waals surface area contributed by atoms with Crippen molar-refractivity contribution in [3.63, 3.8) is 0 Å². The van der Waals surface area contributed by atoms with Gasteiger partial charge in [-0.05, 0) is 17.7 Å². The molecule has 1 aromatic carbocycles. The van der Waals surface area contributed by atoms with Gasteiger partial charge in [0.15, 0.2) is 0 Å². The fourth-order valence-electron chi connectivity index (χ4n) is 2.52. The van der Waals surface area contributed by atoms with E-state index in [1.807, 2.05) is 12.1 Å². The minimum atomic E-state index is -0.987. The highest BCUT2D eigenvalue weighted by molar-refractivity contribution is 6.02. The number of aliphatic carboxylic acids is 1. The molecular formula is C14H13N3O3. The number of hydrogen-bond acceptors (Lipinski definition) is 3. The number of carboxylic acid groups (broad SMARTS) is 1. The summed E-state index contributed by atoms with van der Waals surface area (Å²) >= 11 is 0. The number of nitrogens with one attached hydrogen (secondary N) is 1. The van der Waals surface area contributed by atoms with Crippen LogP contribution in [0.3, 0.4) is 0 Å². The number of carbonyl (C=O) groups excluding carboxylic acids is 1. The third kappa shape index (κ3) is 2.05. The molecule has 0 saturated heterocycles. The van der Waals surface area contributed by atoms with Gasteiger partial charge in [0, 0.05) is 24.0 Å². The highest BCUT2D eigenvalue weighted by Gasteiger charge is 2.38. The number of fused-ring (bicyclic) bond motifs is 1. The Morgan fingerprint density at radius 1 is 1.35 bits per heavy atom. The number of carboxylic acids is 1. The van der Waals surface area contributed by atoms with Gasteiger partial charge in [0.1, 0.15) is 6.04 Å². The summed E-state index contributed by atoms with van der Waals surface area (Å²) < 4.78 is 0. The molecule has 1 aliphatic heterocycles. The van der Waals surface area contributed by atoms with Crippen LogP contribution in [0.4, 0.5) is 5.69 Å². The summed E-state index contributed by atoms with van der Waals surface area (Å²) in [5, 5.41) is 15.8. The van der Waals surface area contributed by atoms with Crippen molar-refractivity contribution in [2.45, 2.75) is 18.9 Å². The molecule has 0 fully saturated rings. The molecule has 1 aliphatic rings. The summed E-state index contributed by atoms with van der Waals surface area (Å²) in [6.07, 6.45) is 2.02. The van der Waals surface area contributed by atoms with E-state index in [0.29, 0.717) is 17.8 Å². The van der Waals surface area contributed by atoms with E-state index in [-0.39, 0.29) is 12.3 Å². The van der Waals surface area contributed by atoms with Crippen molar-refractivity contribution < 1.29 is 14.7 Å². The molecule has 0 spiro atoms. The molecular weight excluding hydrogens is 258 g/mol. The summed E-state index contributed by atoms with van der Waals surface area (Å²) in [5.74, 6) is -1.23. The average Bonchev–Trinajstić information content (AvgIpc) is 3.04. The zero-order valence-corrected chi connectivity index (χ0v) is 10.6. The Bertz CT molecular complexity index is 651. The number of aromatic nitrogens is 2. The highest BCUT2D eigenvalue weighted by atomic mass is 16.4. The standard InChI is InChI=1S/C14H13N3O3/c18-13(8-10-5-6-15-16-10)17-11-4-2-1-3-9(11)7-12(17)14(19)20/h1-6,12H,7-8H2,(H,15,16)(H,19,20). The molecule has 0 radical (unpaired) electrons. The Morgan fingerprint density at radius 2 is 2.15 bits per heavy atom. The molecule has 1 amide bonds. The average molecular weight is 271 g/mol. The number of amides is 1. The van der Waals surface area contributed by atoms with E-state index in [9.17, 15) is 14.7 Å². The van der Waals surface area contributed by atoms with Gasteiger partial charge in [-0.15, -0.1) is 0 Å². The van der Waals surface area contributed by atoms with Gasteiger partial charge in [-0.1, -0.05) is 18.2 Å². The predicted molar refractivity (Wildman–Crippen MR) is 71.3 cm³/mol. The molecule has 2 heterocycles. The molecule has 1 atom stereocenters. The molecule has 0 saturated carbocycles. The van der Waals surface area contributed by atoms with E-state index in [1.54, 1.807) is 24.4 Å². The Hall–Kier alpha value is -2.63. The van der Waals surface area contributed by atoms with Gasteiger partial charge >= 0.3 is 5.97 Å². The highest BCUT2D eigenvalue weighted by Crippen LogP contribution is 2.32. The van der Waals surface area contributed by atoms with Crippen LogP contribution in [0.1, 0.15) is 11.3 Å². The molecule has 20 heavy (non-hydrogen) atoms. The van der Waals surface area contributed by atoms with Crippen molar-refractivity contribution in [1.29, 1.82) is 0 Å². The van der Waals surface area contributed by atoms with Crippen LogP contribution in [0.15, 0.2) is 36.5 Å². The first-order valence-corrected chi connectivity index (χ1v) is 6.28. The Labute approximate surface area is 115 Å². The van der Waals surface area contributed by atoms with E-state index in [0.717, 1.165) is 5.56 Å². The summed E-state index contributed by atoms with van der Waals surface area (Å²) in [7, 11) is 0. The molecule has 1 aromatic heterocycles. The van der Waals surface area contributed by atoms with Gasteiger partial charge in [-0.2, -0.15) is 5.10 Å². The largest absolute Gasteiger partial charge is 0.480 e. The summed E-state index contributed by atoms with van der Waals surface area (Å²) in [4.78, 5) is 25.2. The molecule has 0 aliphatic carbocycles. The van der Waals surface area contributed by atoms with E-state index in [1.165, 1.54) is 4.90 Å². The Kier molecular flexibility index (Phi) is 2.98. The summed E-state index contributed by atoms with van der Waals surface area (Å²) in [5.41, 5.74) is 2.24. The molecule has 0 bridgehead atoms. The van der Waals surface area contributed by atoms with E-state index < -0.39 is 12.0 Å². The lowest BCUT2D eigenvalue weighted by molar-refractivity contribution is -0.139. The van der Waals surface area contributed by atoms with Crippen LogP contribution in [0.25, 0.3) is 0 Å². The monoisotopic (exact) mass is 271 g/mol. The Morgan fingerprint density at radius 3 is 2.85 bits per heavy atom. The molecule has 2 aromatic rings. The third-order valence-corrected chi connectivity index (χ3v) is 3.43. The maximum absolute atomic E-state index is 12.4. The summed E-state index contributed by atoms with van der Waals surface area (Å²) in [6.45, 7) is 0. The van der Waals surface area contributed by atoms with Crippen LogP contribution < -0.4 is 4.90 Å². The summed E-state index contributed by atoms with van der Waals surface area (Å²) in [6, 6.07) is 8.16. The third-order valence-electron chi connectivity index (χ3n) is 3.43. The lowest BCUT2D eigenvalue weighted by Crippen LogP contribution is -2.43. The van der Waals surface area contributed by atoms with E-state index >= 15 is 0 Å².